The van der Waals surface area contributed by atoms with E-state index in [1.165, 1.54) is 43.3 Å². The van der Waals surface area contributed by atoms with Crippen LogP contribution in [0, 0.1) is 5.92 Å². The second kappa shape index (κ2) is 27.5. The molecule has 410 valence electrons. The van der Waals surface area contributed by atoms with E-state index in [1.54, 1.807) is 38.4 Å². The molecular formula is C56H70N10O11. The van der Waals surface area contributed by atoms with E-state index in [9.17, 15) is 54.0 Å². The molecule has 0 bridgehead atoms. The van der Waals surface area contributed by atoms with Crippen molar-refractivity contribution < 1.29 is 54.0 Å². The molecular weight excluding hydrogens is 989 g/mol. The molecule has 2 heterocycles. The molecule has 4 aromatic carbocycles. The Morgan fingerprint density at radius 3 is 1.47 bits per heavy atom. The number of carbonyl (C=O) groups excluding carboxylic acids is 6. The molecule has 16 N–H and O–H groups in total. The fourth-order valence-corrected chi connectivity index (χ4v) is 8.99. The molecule has 21 nitrogen and oxygen atoms in total. The molecule has 2 aromatic heterocycles. The second-order valence-electron chi connectivity index (χ2n) is 19.8. The SMILES string of the molecule is CC(C)C[C@H](NC(=O)[C@@H](NC(=O)[C@H](Cc1ccc(O)cc1)NC(=O)[C@@H](N)Cc1c[nH]c2ccccc12)[C@@H](C)O)C(=O)N[C@@H](Cc1ccc(O)cc1)C(=O)N[C@@H](CCCCN)C(=O)N[C@@H](Cc1c[nH]c2ccccc12)C(=O)O. The monoisotopic (exact) mass is 1060 g/mol. The number of rotatable bonds is 28. The van der Waals surface area contributed by atoms with Gasteiger partial charge in [0, 0.05) is 53.5 Å². The summed E-state index contributed by atoms with van der Waals surface area (Å²) in [6.45, 7) is 5.11. The van der Waals surface area contributed by atoms with Gasteiger partial charge in [-0.05, 0) is 110 Å². The summed E-state index contributed by atoms with van der Waals surface area (Å²) in [6.07, 6.45) is 2.55. The highest BCUT2D eigenvalue weighted by atomic mass is 16.4. The number of phenols is 2. The van der Waals surface area contributed by atoms with Crippen LogP contribution >= 0.6 is 0 Å². The van der Waals surface area contributed by atoms with E-state index in [0.29, 0.717) is 29.5 Å². The first-order chi connectivity index (χ1) is 36.8. The Bertz CT molecular complexity index is 2970. The lowest BCUT2D eigenvalue weighted by atomic mass is 9.99. The predicted octanol–water partition coefficient (Wildman–Crippen LogP) is 2.21. The van der Waals surface area contributed by atoms with E-state index in [4.69, 9.17) is 11.5 Å². The maximum Gasteiger partial charge on any atom is 0.326 e. The number of nitrogens with two attached hydrogens (primary N) is 2. The van der Waals surface area contributed by atoms with Crippen LogP contribution in [0.5, 0.6) is 11.5 Å². The molecule has 8 atom stereocenters. The lowest BCUT2D eigenvalue weighted by molar-refractivity contribution is -0.142. The number of unbranched alkanes of at least 4 members (excludes halogenated alkanes) is 1. The van der Waals surface area contributed by atoms with Crippen LogP contribution in [-0.2, 0) is 59.2 Å². The molecule has 6 rings (SSSR count). The van der Waals surface area contributed by atoms with Crippen LogP contribution in [0.1, 0.15) is 68.7 Å². The molecule has 77 heavy (non-hydrogen) atoms. The average molecular weight is 1060 g/mol. The van der Waals surface area contributed by atoms with Crippen LogP contribution in [-0.4, -0.2) is 127 Å². The molecule has 6 amide bonds. The third kappa shape index (κ3) is 16.6. The smallest absolute Gasteiger partial charge is 0.326 e. The van der Waals surface area contributed by atoms with Crippen molar-refractivity contribution in [2.24, 2.45) is 17.4 Å². The van der Waals surface area contributed by atoms with E-state index in [2.05, 4.69) is 41.9 Å². The number of fused-ring (bicyclic) bond motifs is 2. The highest BCUT2D eigenvalue weighted by molar-refractivity contribution is 5.98. The van der Waals surface area contributed by atoms with Gasteiger partial charge in [-0.3, -0.25) is 28.8 Å². The molecule has 6 aromatic rings. The Hall–Kier alpha value is -8.27. The molecule has 0 unspecified atom stereocenters. The number of hydrogen-bond donors (Lipinski definition) is 14. The first-order valence-corrected chi connectivity index (χ1v) is 25.6. The predicted molar refractivity (Wildman–Crippen MR) is 289 cm³/mol. The molecule has 0 aliphatic carbocycles. The van der Waals surface area contributed by atoms with E-state index in [-0.39, 0.29) is 62.5 Å². The number of hydrogen-bond acceptors (Lipinski definition) is 12. The highest BCUT2D eigenvalue weighted by Gasteiger charge is 2.36. The van der Waals surface area contributed by atoms with Crippen molar-refractivity contribution in [3.05, 3.63) is 132 Å². The number of aliphatic hydroxyl groups excluding tert-OH is 1. The number of phenolic OH excluding ortho intramolecular Hbond substituents is 2. The first kappa shape index (κ1) is 58.0. The summed E-state index contributed by atoms with van der Waals surface area (Å²) in [5, 5.41) is 58.7. The quantitative estimate of drug-likeness (QED) is 0.0314. The zero-order valence-electron chi connectivity index (χ0n) is 43.3. The Morgan fingerprint density at radius 2 is 0.961 bits per heavy atom. The maximum absolute atomic E-state index is 14.5. The van der Waals surface area contributed by atoms with Gasteiger partial charge in [0.15, 0.2) is 0 Å². The normalized spacial score (nSPS) is 14.5. The molecule has 0 fully saturated rings. The van der Waals surface area contributed by atoms with Crippen molar-refractivity contribution in [1.29, 1.82) is 0 Å². The number of aromatic nitrogens is 2. The van der Waals surface area contributed by atoms with Gasteiger partial charge < -0.3 is 73.8 Å². The number of aromatic hydroxyl groups is 2. The van der Waals surface area contributed by atoms with Crippen molar-refractivity contribution in [2.75, 3.05) is 6.54 Å². The van der Waals surface area contributed by atoms with Gasteiger partial charge in [-0.25, -0.2) is 4.79 Å². The van der Waals surface area contributed by atoms with Crippen molar-refractivity contribution in [2.45, 2.75) is 121 Å². The second-order valence-corrected chi connectivity index (χ2v) is 19.8. The summed E-state index contributed by atoms with van der Waals surface area (Å²) in [5.74, 6) is -6.62. The Morgan fingerprint density at radius 1 is 0.519 bits per heavy atom. The minimum absolute atomic E-state index is 0.0105. The molecule has 0 radical (unpaired) electrons. The van der Waals surface area contributed by atoms with E-state index < -0.39 is 89.8 Å². The Labute approximate surface area is 445 Å². The Kier molecular flexibility index (Phi) is 20.7. The van der Waals surface area contributed by atoms with Gasteiger partial charge in [-0.1, -0.05) is 74.5 Å². The van der Waals surface area contributed by atoms with Gasteiger partial charge in [0.25, 0.3) is 0 Å². The van der Waals surface area contributed by atoms with Crippen molar-refractivity contribution >= 4 is 63.2 Å². The van der Waals surface area contributed by atoms with Crippen LogP contribution in [0.2, 0.25) is 0 Å². The van der Waals surface area contributed by atoms with Crippen LogP contribution in [0.15, 0.2) is 109 Å². The number of aromatic amines is 2. The lowest BCUT2D eigenvalue weighted by Gasteiger charge is -2.29. The van der Waals surface area contributed by atoms with Gasteiger partial charge >= 0.3 is 5.97 Å². The minimum Gasteiger partial charge on any atom is -0.508 e. The van der Waals surface area contributed by atoms with Crippen molar-refractivity contribution in [1.82, 2.24) is 41.9 Å². The van der Waals surface area contributed by atoms with Crippen LogP contribution in [0.3, 0.4) is 0 Å². The fourth-order valence-electron chi connectivity index (χ4n) is 8.99. The summed E-state index contributed by atoms with van der Waals surface area (Å²) in [5.41, 5.74) is 16.2. The lowest BCUT2D eigenvalue weighted by Crippen LogP contribution is -2.62. The van der Waals surface area contributed by atoms with E-state index >= 15 is 0 Å². The third-order valence-electron chi connectivity index (χ3n) is 13.2. The van der Waals surface area contributed by atoms with Gasteiger partial charge in [0.2, 0.25) is 35.4 Å². The number of aliphatic carboxylic acids is 1. The van der Waals surface area contributed by atoms with Crippen molar-refractivity contribution in [3.8, 4) is 11.5 Å². The fraction of sp³-hybridized carbons (Fsp3) is 0.375. The molecule has 0 saturated heterocycles. The number of benzene rings is 4. The third-order valence-corrected chi connectivity index (χ3v) is 13.2. The van der Waals surface area contributed by atoms with Crippen LogP contribution < -0.4 is 43.4 Å². The summed E-state index contributed by atoms with van der Waals surface area (Å²) in [6, 6.07) is 17.0. The van der Waals surface area contributed by atoms with Gasteiger partial charge in [-0.2, -0.15) is 0 Å². The van der Waals surface area contributed by atoms with E-state index in [0.717, 1.165) is 27.4 Å². The standard InChI is InChI=1S/C56H70N10O11/c1-31(2)24-45(64-55(75)49(32(3)67)66-54(74)47(26-34-17-21-38(69)22-18-34)62-50(70)41(58)27-35-29-59-42-12-6-4-10-39(35)42)52(72)63-46(25-33-15-19-37(68)20-16-33)53(73)61-44(14-8-9-23-57)51(71)65-48(56(76)77)28-36-30-60-43-13-7-5-11-40(36)43/h4-7,10-13,15-22,29-32,41,44-49,59-60,67-69H,8-9,14,23-28,57-58H2,1-3H3,(H,61,73)(H,62,70)(H,63,72)(H,64,75)(H,65,71)(H,66,74)(H,76,77)/t32-,41+,44+,45+,46+,47+,48+,49+/m1/s1. The number of amides is 6. The largest absolute Gasteiger partial charge is 0.508 e. The summed E-state index contributed by atoms with van der Waals surface area (Å²) in [7, 11) is 0. The van der Waals surface area contributed by atoms with Crippen LogP contribution in [0.4, 0.5) is 0 Å². The molecule has 0 saturated carbocycles. The average Bonchev–Trinajstić information content (AvgIpc) is 4.01. The topological polar surface area (TPSA) is 356 Å². The van der Waals surface area contributed by atoms with Gasteiger partial charge in [-0.15, -0.1) is 0 Å². The summed E-state index contributed by atoms with van der Waals surface area (Å²) >= 11 is 0. The Balaban J connectivity index is 1.19. The highest BCUT2D eigenvalue weighted by Crippen LogP contribution is 2.22. The minimum atomic E-state index is -1.68. The van der Waals surface area contributed by atoms with Gasteiger partial charge in [0.05, 0.1) is 12.1 Å². The molecule has 0 aliphatic heterocycles. The summed E-state index contributed by atoms with van der Waals surface area (Å²) in [4.78, 5) is 104. The van der Waals surface area contributed by atoms with Gasteiger partial charge in [0.1, 0.15) is 47.8 Å². The number of carboxylic acid groups (broad SMARTS) is 1. The molecule has 0 aliphatic rings. The number of carboxylic acids is 1. The number of para-hydroxylation sites is 2. The summed E-state index contributed by atoms with van der Waals surface area (Å²) < 4.78 is 0. The molecule has 0 spiro atoms. The van der Waals surface area contributed by atoms with Crippen LogP contribution in [0.25, 0.3) is 21.8 Å². The number of aliphatic hydroxyl groups is 1. The number of carbonyl (C=O) groups is 7. The zero-order chi connectivity index (χ0) is 55.8. The number of nitrogens with one attached hydrogen (secondary N) is 8. The van der Waals surface area contributed by atoms with E-state index in [1.807, 2.05) is 48.5 Å². The zero-order valence-corrected chi connectivity index (χ0v) is 43.3. The molecule has 21 heteroatoms. The maximum atomic E-state index is 14.5. The van der Waals surface area contributed by atoms with Crippen molar-refractivity contribution in [3.63, 3.8) is 0 Å². The first-order valence-electron chi connectivity index (χ1n) is 25.6. The number of H-pyrrole nitrogens is 2.